The predicted molar refractivity (Wildman–Crippen MR) is 116 cm³/mol. The molecule has 0 aromatic rings. The molecule has 3 heteroatoms. The van der Waals surface area contributed by atoms with Crippen molar-refractivity contribution in [2.75, 3.05) is 39.3 Å². The molecule has 0 rings (SSSR count). The van der Waals surface area contributed by atoms with Crippen LogP contribution in [0.2, 0.25) is 0 Å². The highest BCUT2D eigenvalue weighted by Crippen LogP contribution is 2.08. The molecule has 0 fully saturated rings. The molecular weight excluding hydrogens is 320 g/mol. The number of ketones is 1. The number of carbonyl (C=O) groups is 1. The molecule has 0 aliphatic carbocycles. The summed E-state index contributed by atoms with van der Waals surface area (Å²) in [5.74, 6) is 0.424. The van der Waals surface area contributed by atoms with Gasteiger partial charge in [-0.2, -0.15) is 0 Å². The fourth-order valence-electron chi connectivity index (χ4n) is 3.04. The molecule has 0 aliphatic rings. The van der Waals surface area contributed by atoms with Crippen LogP contribution in [0.5, 0.6) is 0 Å². The molecule has 0 saturated heterocycles. The van der Waals surface area contributed by atoms with Crippen LogP contribution in [0.4, 0.5) is 0 Å². The number of rotatable bonds is 20. The van der Waals surface area contributed by atoms with E-state index in [1.807, 2.05) is 24.3 Å². The molecule has 0 saturated carbocycles. The average molecular weight is 361 g/mol. The monoisotopic (exact) mass is 360 g/mol. The van der Waals surface area contributed by atoms with Crippen molar-refractivity contribution in [3.63, 3.8) is 0 Å². The third kappa shape index (κ3) is 14.9. The van der Waals surface area contributed by atoms with E-state index in [-0.39, 0.29) is 0 Å². The van der Waals surface area contributed by atoms with Crippen molar-refractivity contribution in [2.24, 2.45) is 0 Å². The van der Waals surface area contributed by atoms with Crippen LogP contribution in [0.1, 0.15) is 51.4 Å². The van der Waals surface area contributed by atoms with Gasteiger partial charge < -0.3 is 0 Å². The maximum atomic E-state index is 12.0. The first-order valence-corrected chi connectivity index (χ1v) is 10.1. The van der Waals surface area contributed by atoms with Gasteiger partial charge in [0.15, 0.2) is 0 Å². The molecule has 0 aromatic heterocycles. The van der Waals surface area contributed by atoms with Gasteiger partial charge in [-0.3, -0.25) is 14.6 Å². The molecule has 0 atom stereocenters. The summed E-state index contributed by atoms with van der Waals surface area (Å²) < 4.78 is 0. The predicted octanol–water partition coefficient (Wildman–Crippen LogP) is 5.02. The Bertz CT molecular complexity index is 347. The van der Waals surface area contributed by atoms with Crippen LogP contribution in [0, 0.1) is 0 Å². The number of carbonyl (C=O) groups excluding carboxylic acids is 1. The first-order chi connectivity index (χ1) is 12.7. The summed E-state index contributed by atoms with van der Waals surface area (Å²) >= 11 is 0. The van der Waals surface area contributed by atoms with Gasteiger partial charge in [0.05, 0.1) is 0 Å². The first kappa shape index (κ1) is 24.6. The molecule has 3 nitrogen and oxygen atoms in total. The van der Waals surface area contributed by atoms with Gasteiger partial charge in [0, 0.05) is 39.0 Å². The van der Waals surface area contributed by atoms with Crippen LogP contribution in [0.25, 0.3) is 0 Å². The SMILES string of the molecule is C=CCN(CC=C)CCCCCC(=O)CCCCCN(CC=C)CC=C. The number of Topliss-reactive ketones (excluding diaryl/α,β-unsaturated/α-hetero) is 1. The number of nitrogens with zero attached hydrogens (tertiary/aromatic N) is 2. The molecule has 148 valence electrons. The van der Waals surface area contributed by atoms with Crippen molar-refractivity contribution in [2.45, 2.75) is 51.4 Å². The smallest absolute Gasteiger partial charge is 0.132 e. The molecule has 0 unspecified atom stereocenters. The standard InChI is InChI=1S/C23H40N2O/c1-5-17-24(18-6-2)21-13-9-11-15-23(26)16-12-10-14-22-25(19-7-3)20-8-4/h5-8H,1-4,9-22H2. The molecule has 0 bridgehead atoms. The Morgan fingerprint density at radius 1 is 0.577 bits per heavy atom. The maximum Gasteiger partial charge on any atom is 0.132 e. The summed E-state index contributed by atoms with van der Waals surface area (Å²) in [4.78, 5) is 16.6. The Morgan fingerprint density at radius 3 is 1.23 bits per heavy atom. The summed E-state index contributed by atoms with van der Waals surface area (Å²) in [6.07, 6.45) is 15.7. The zero-order valence-electron chi connectivity index (χ0n) is 16.8. The van der Waals surface area contributed by atoms with E-state index in [4.69, 9.17) is 0 Å². The van der Waals surface area contributed by atoms with E-state index in [0.717, 1.165) is 90.6 Å². The van der Waals surface area contributed by atoms with Gasteiger partial charge in [-0.1, -0.05) is 37.1 Å². The zero-order chi connectivity index (χ0) is 19.5. The quantitative estimate of drug-likeness (QED) is 0.225. The molecule has 0 amide bonds. The van der Waals surface area contributed by atoms with Crippen LogP contribution in [-0.4, -0.2) is 54.9 Å². The molecule has 26 heavy (non-hydrogen) atoms. The van der Waals surface area contributed by atoms with Crippen molar-refractivity contribution in [3.8, 4) is 0 Å². The second kappa shape index (κ2) is 18.3. The minimum atomic E-state index is 0.424. The number of hydrogen-bond acceptors (Lipinski definition) is 3. The Balaban J connectivity index is 3.62. The van der Waals surface area contributed by atoms with Gasteiger partial charge in [-0.05, 0) is 38.8 Å². The Labute approximate surface area is 162 Å². The van der Waals surface area contributed by atoms with E-state index < -0.39 is 0 Å². The highest BCUT2D eigenvalue weighted by Gasteiger charge is 2.05. The summed E-state index contributed by atoms with van der Waals surface area (Å²) in [6, 6.07) is 0. The Morgan fingerprint density at radius 2 is 0.923 bits per heavy atom. The van der Waals surface area contributed by atoms with Gasteiger partial charge in [-0.15, -0.1) is 26.3 Å². The summed E-state index contributed by atoms with van der Waals surface area (Å²) in [5.41, 5.74) is 0. The van der Waals surface area contributed by atoms with Gasteiger partial charge in [0.2, 0.25) is 0 Å². The third-order valence-corrected chi connectivity index (χ3v) is 4.41. The van der Waals surface area contributed by atoms with Crippen LogP contribution in [0.3, 0.4) is 0 Å². The number of unbranched alkanes of at least 4 members (excludes halogenated alkanes) is 4. The summed E-state index contributed by atoms with van der Waals surface area (Å²) in [5, 5.41) is 0. The molecular formula is C23H40N2O. The van der Waals surface area contributed by atoms with Crippen LogP contribution < -0.4 is 0 Å². The highest BCUT2D eigenvalue weighted by atomic mass is 16.1. The minimum absolute atomic E-state index is 0.424. The van der Waals surface area contributed by atoms with E-state index in [1.165, 1.54) is 0 Å². The van der Waals surface area contributed by atoms with E-state index in [2.05, 4.69) is 36.1 Å². The second-order valence-corrected chi connectivity index (χ2v) is 6.83. The van der Waals surface area contributed by atoms with Crippen molar-refractivity contribution < 1.29 is 4.79 Å². The van der Waals surface area contributed by atoms with E-state index in [9.17, 15) is 4.79 Å². The molecule has 0 radical (unpaired) electrons. The van der Waals surface area contributed by atoms with E-state index >= 15 is 0 Å². The van der Waals surface area contributed by atoms with Crippen LogP contribution in [0.15, 0.2) is 50.6 Å². The molecule has 0 spiro atoms. The largest absolute Gasteiger partial charge is 0.300 e. The normalized spacial score (nSPS) is 10.8. The van der Waals surface area contributed by atoms with Gasteiger partial charge in [-0.25, -0.2) is 0 Å². The maximum absolute atomic E-state index is 12.0. The lowest BCUT2D eigenvalue weighted by atomic mass is 10.1. The number of hydrogen-bond donors (Lipinski definition) is 0. The van der Waals surface area contributed by atoms with Crippen molar-refractivity contribution in [1.29, 1.82) is 0 Å². The highest BCUT2D eigenvalue weighted by molar-refractivity contribution is 5.78. The fraction of sp³-hybridized carbons (Fsp3) is 0.609. The lowest BCUT2D eigenvalue weighted by Gasteiger charge is -2.18. The Kier molecular flexibility index (Phi) is 17.3. The van der Waals surface area contributed by atoms with Crippen molar-refractivity contribution >= 4 is 5.78 Å². The van der Waals surface area contributed by atoms with Crippen LogP contribution in [-0.2, 0) is 4.79 Å². The summed E-state index contributed by atoms with van der Waals surface area (Å²) in [7, 11) is 0. The van der Waals surface area contributed by atoms with Gasteiger partial charge in [0.1, 0.15) is 5.78 Å². The third-order valence-electron chi connectivity index (χ3n) is 4.41. The average Bonchev–Trinajstić information content (AvgIpc) is 2.61. The van der Waals surface area contributed by atoms with Gasteiger partial charge >= 0.3 is 0 Å². The zero-order valence-corrected chi connectivity index (χ0v) is 16.8. The summed E-state index contributed by atoms with van der Waals surface area (Å²) in [6.45, 7) is 20.9. The molecule has 0 aliphatic heterocycles. The molecule has 0 N–H and O–H groups in total. The lowest BCUT2D eigenvalue weighted by molar-refractivity contribution is -0.119. The van der Waals surface area contributed by atoms with Crippen LogP contribution >= 0.6 is 0 Å². The second-order valence-electron chi connectivity index (χ2n) is 6.83. The molecule has 0 heterocycles. The van der Waals surface area contributed by atoms with Gasteiger partial charge in [0.25, 0.3) is 0 Å². The van der Waals surface area contributed by atoms with Crippen molar-refractivity contribution in [3.05, 3.63) is 50.6 Å². The fourth-order valence-corrected chi connectivity index (χ4v) is 3.04. The van der Waals surface area contributed by atoms with E-state index in [1.54, 1.807) is 0 Å². The topological polar surface area (TPSA) is 23.6 Å². The minimum Gasteiger partial charge on any atom is -0.300 e. The van der Waals surface area contributed by atoms with E-state index in [0.29, 0.717) is 5.78 Å². The molecule has 0 aromatic carbocycles. The first-order valence-electron chi connectivity index (χ1n) is 10.1. The van der Waals surface area contributed by atoms with Crippen molar-refractivity contribution in [1.82, 2.24) is 9.80 Å². The Hall–Kier alpha value is -1.45. The lowest BCUT2D eigenvalue weighted by Crippen LogP contribution is -2.25.